The number of likely N-dealkylation sites (tertiary alicyclic amines) is 1. The summed E-state index contributed by atoms with van der Waals surface area (Å²) in [6.07, 6.45) is 1.36. The van der Waals surface area contributed by atoms with Crippen molar-refractivity contribution in [2.75, 3.05) is 20.1 Å². The molecule has 2 heteroatoms. The van der Waals surface area contributed by atoms with Gasteiger partial charge in [0, 0.05) is 6.54 Å². The lowest BCUT2D eigenvalue weighted by Crippen LogP contribution is -2.18. The summed E-state index contributed by atoms with van der Waals surface area (Å²) >= 11 is 0. The molecule has 0 aromatic heterocycles. The van der Waals surface area contributed by atoms with Gasteiger partial charge < -0.3 is 4.90 Å². The largest absolute Gasteiger partial charge is 0.306 e. The fourth-order valence-corrected chi connectivity index (χ4v) is 1.38. The Morgan fingerprint density at radius 2 is 1.89 bits per heavy atom. The third kappa shape index (κ3) is 2.55. The lowest BCUT2D eigenvalue weighted by molar-refractivity contribution is 0.337. The molecule has 0 atom stereocenters. The van der Waals surface area contributed by atoms with Gasteiger partial charge in [-0.2, -0.15) is 0 Å². The van der Waals surface area contributed by atoms with Crippen molar-refractivity contribution in [1.29, 1.82) is 0 Å². The maximum absolute atomic E-state index is 2.39. The summed E-state index contributed by atoms with van der Waals surface area (Å²) in [6, 6.07) is 0. The quantitative estimate of drug-likeness (QED) is 0.508. The molecule has 1 aliphatic heterocycles. The Morgan fingerprint density at radius 3 is 2.00 bits per heavy atom. The third-order valence-electron chi connectivity index (χ3n) is 1.87. The van der Waals surface area contributed by atoms with Crippen molar-refractivity contribution in [2.24, 2.45) is 5.41 Å². The van der Waals surface area contributed by atoms with Crippen LogP contribution < -0.4 is 0 Å². The molecule has 0 radical (unpaired) electrons. The maximum Gasteiger partial charge on any atom is 0.00301 e. The number of hydrogen-bond donors (Lipinski definition) is 0. The molecule has 0 unspecified atom stereocenters. The molecule has 1 saturated heterocycles. The van der Waals surface area contributed by atoms with Gasteiger partial charge >= 0.3 is 0 Å². The average Bonchev–Trinajstić information content (AvgIpc) is 1.82. The molecule has 56 valence electrons. The smallest absolute Gasteiger partial charge is 0.00301 e. The van der Waals surface area contributed by atoms with Gasteiger partial charge in [0.1, 0.15) is 0 Å². The topological polar surface area (TPSA) is 3.24 Å². The van der Waals surface area contributed by atoms with Gasteiger partial charge in [-0.15, -0.1) is 12.4 Å². The molecule has 0 amide bonds. The minimum atomic E-state index is 0. The Kier molecular flexibility index (Phi) is 2.97. The van der Waals surface area contributed by atoms with E-state index in [1.165, 1.54) is 19.5 Å². The molecule has 1 fully saturated rings. The standard InChI is InChI=1S/C7H15N.ClH/c1-7(2)4-5-8(3)6-7;/h4-6H2,1-3H3;1H. The van der Waals surface area contributed by atoms with Crippen molar-refractivity contribution >= 4 is 12.4 Å². The molecule has 0 bridgehead atoms. The molecule has 1 aliphatic rings. The molecule has 0 aromatic rings. The molecule has 0 aromatic carbocycles. The van der Waals surface area contributed by atoms with E-state index in [1.54, 1.807) is 0 Å². The SMILES string of the molecule is CN1CCC(C)(C)C1.Cl. The molecule has 0 spiro atoms. The lowest BCUT2D eigenvalue weighted by atomic mass is 9.93. The summed E-state index contributed by atoms with van der Waals surface area (Å²) in [4.78, 5) is 2.39. The second kappa shape index (κ2) is 2.89. The molecule has 0 N–H and O–H groups in total. The highest BCUT2D eigenvalue weighted by molar-refractivity contribution is 5.85. The predicted octanol–water partition coefficient (Wildman–Crippen LogP) is 1.77. The molecule has 0 saturated carbocycles. The summed E-state index contributed by atoms with van der Waals surface area (Å²) in [5.74, 6) is 0. The number of halogens is 1. The van der Waals surface area contributed by atoms with E-state index >= 15 is 0 Å². The zero-order valence-corrected chi connectivity index (χ0v) is 7.29. The monoisotopic (exact) mass is 149 g/mol. The van der Waals surface area contributed by atoms with Crippen LogP contribution in [0.3, 0.4) is 0 Å². The van der Waals surface area contributed by atoms with Crippen molar-refractivity contribution in [2.45, 2.75) is 20.3 Å². The van der Waals surface area contributed by atoms with Crippen LogP contribution in [0, 0.1) is 5.41 Å². The molecule has 0 aliphatic carbocycles. The average molecular weight is 150 g/mol. The van der Waals surface area contributed by atoms with E-state index in [0.29, 0.717) is 5.41 Å². The van der Waals surface area contributed by atoms with Gasteiger partial charge in [-0.25, -0.2) is 0 Å². The Labute approximate surface area is 63.8 Å². The number of rotatable bonds is 0. The first-order chi connectivity index (χ1) is 3.60. The van der Waals surface area contributed by atoms with Gasteiger partial charge in [-0.3, -0.25) is 0 Å². The molecule has 1 rings (SSSR count). The van der Waals surface area contributed by atoms with Gasteiger partial charge in [0.15, 0.2) is 0 Å². The molecule has 1 nitrogen and oxygen atoms in total. The zero-order valence-electron chi connectivity index (χ0n) is 6.48. The summed E-state index contributed by atoms with van der Waals surface area (Å²) in [5.41, 5.74) is 0.592. The second-order valence-corrected chi connectivity index (χ2v) is 3.65. The molecule has 9 heavy (non-hydrogen) atoms. The molecular weight excluding hydrogens is 134 g/mol. The van der Waals surface area contributed by atoms with E-state index < -0.39 is 0 Å². The second-order valence-electron chi connectivity index (χ2n) is 3.65. The highest BCUT2D eigenvalue weighted by Crippen LogP contribution is 2.26. The first kappa shape index (κ1) is 9.25. The minimum absolute atomic E-state index is 0. The Bertz CT molecular complexity index is 90.9. The van der Waals surface area contributed by atoms with E-state index in [-0.39, 0.29) is 12.4 Å². The van der Waals surface area contributed by atoms with E-state index in [9.17, 15) is 0 Å². The Morgan fingerprint density at radius 1 is 1.33 bits per heavy atom. The number of nitrogens with zero attached hydrogens (tertiary/aromatic N) is 1. The van der Waals surface area contributed by atoms with Crippen LogP contribution in [0.25, 0.3) is 0 Å². The molecular formula is C7H16ClN. The number of hydrogen-bond acceptors (Lipinski definition) is 1. The van der Waals surface area contributed by atoms with Crippen LogP contribution in [0.1, 0.15) is 20.3 Å². The van der Waals surface area contributed by atoms with Crippen molar-refractivity contribution in [3.63, 3.8) is 0 Å². The summed E-state index contributed by atoms with van der Waals surface area (Å²) in [6.45, 7) is 7.22. The first-order valence-corrected chi connectivity index (χ1v) is 3.29. The Balaban J connectivity index is 0.000000640. The van der Waals surface area contributed by atoms with Crippen molar-refractivity contribution in [3.8, 4) is 0 Å². The van der Waals surface area contributed by atoms with Crippen molar-refractivity contribution in [3.05, 3.63) is 0 Å². The van der Waals surface area contributed by atoms with Crippen LogP contribution in [-0.2, 0) is 0 Å². The fourth-order valence-electron chi connectivity index (χ4n) is 1.38. The van der Waals surface area contributed by atoms with Crippen molar-refractivity contribution in [1.82, 2.24) is 4.90 Å². The highest BCUT2D eigenvalue weighted by Gasteiger charge is 2.26. The van der Waals surface area contributed by atoms with Crippen LogP contribution in [0.2, 0.25) is 0 Å². The normalized spacial score (nSPS) is 25.7. The zero-order chi connectivity index (χ0) is 6.20. The van der Waals surface area contributed by atoms with Crippen LogP contribution in [-0.4, -0.2) is 25.0 Å². The van der Waals surface area contributed by atoms with E-state index in [0.717, 1.165) is 0 Å². The van der Waals surface area contributed by atoms with Crippen LogP contribution in [0.15, 0.2) is 0 Å². The predicted molar refractivity (Wildman–Crippen MR) is 43.1 cm³/mol. The third-order valence-corrected chi connectivity index (χ3v) is 1.87. The van der Waals surface area contributed by atoms with Gasteiger partial charge in [0.2, 0.25) is 0 Å². The fraction of sp³-hybridized carbons (Fsp3) is 1.00. The van der Waals surface area contributed by atoms with Crippen LogP contribution >= 0.6 is 12.4 Å². The molecule has 1 heterocycles. The highest BCUT2D eigenvalue weighted by atomic mass is 35.5. The maximum atomic E-state index is 2.39. The van der Waals surface area contributed by atoms with E-state index in [4.69, 9.17) is 0 Å². The van der Waals surface area contributed by atoms with Gasteiger partial charge in [0.25, 0.3) is 0 Å². The van der Waals surface area contributed by atoms with Gasteiger partial charge in [0.05, 0.1) is 0 Å². The minimum Gasteiger partial charge on any atom is -0.306 e. The van der Waals surface area contributed by atoms with Crippen LogP contribution in [0.5, 0.6) is 0 Å². The van der Waals surface area contributed by atoms with Gasteiger partial charge in [-0.05, 0) is 25.4 Å². The lowest BCUT2D eigenvalue weighted by Gasteiger charge is -2.15. The Hall–Kier alpha value is 0.250. The van der Waals surface area contributed by atoms with Gasteiger partial charge in [-0.1, -0.05) is 13.8 Å². The van der Waals surface area contributed by atoms with E-state index in [2.05, 4.69) is 25.8 Å². The first-order valence-electron chi connectivity index (χ1n) is 3.29. The van der Waals surface area contributed by atoms with Crippen LogP contribution in [0.4, 0.5) is 0 Å². The van der Waals surface area contributed by atoms with Crippen molar-refractivity contribution < 1.29 is 0 Å². The van der Waals surface area contributed by atoms with E-state index in [1.807, 2.05) is 0 Å². The summed E-state index contributed by atoms with van der Waals surface area (Å²) < 4.78 is 0. The summed E-state index contributed by atoms with van der Waals surface area (Å²) in [7, 11) is 2.19. The summed E-state index contributed by atoms with van der Waals surface area (Å²) in [5, 5.41) is 0.